The van der Waals surface area contributed by atoms with E-state index in [0.29, 0.717) is 23.4 Å². The lowest BCUT2D eigenvalue weighted by Gasteiger charge is -2.27. The van der Waals surface area contributed by atoms with Gasteiger partial charge in [-0.15, -0.1) is 0 Å². The maximum absolute atomic E-state index is 13.7. The molecule has 0 atom stereocenters. The van der Waals surface area contributed by atoms with Crippen molar-refractivity contribution in [2.24, 2.45) is 0 Å². The number of rotatable bonds is 13. The zero-order valence-corrected chi connectivity index (χ0v) is 25.5. The Hall–Kier alpha value is -5.01. The summed E-state index contributed by atoms with van der Waals surface area (Å²) in [7, 11) is 0. The lowest BCUT2D eigenvalue weighted by Crippen LogP contribution is -2.44. The largest absolute Gasteiger partial charge is 0.494 e. The lowest BCUT2D eigenvalue weighted by atomic mass is 9.93. The minimum atomic E-state index is -0.676. The average molecular weight is 597 g/mol. The number of imide groups is 1. The normalized spacial score (nSPS) is 14.2. The molecule has 10 heteroatoms. The number of carbonyl (C=O) groups excluding carboxylic acids is 3. The van der Waals surface area contributed by atoms with Crippen LogP contribution >= 0.6 is 0 Å². The Morgan fingerprint density at radius 2 is 1.80 bits per heavy atom. The van der Waals surface area contributed by atoms with Crippen molar-refractivity contribution in [2.75, 3.05) is 33.0 Å². The first-order chi connectivity index (χ1) is 21.2. The minimum absolute atomic E-state index is 0.0207. The van der Waals surface area contributed by atoms with E-state index in [9.17, 15) is 19.6 Å². The van der Waals surface area contributed by atoms with Crippen LogP contribution in [-0.2, 0) is 23.9 Å². The number of hydrogen-bond donors (Lipinski definition) is 0. The van der Waals surface area contributed by atoms with Gasteiger partial charge in [-0.25, -0.2) is 4.68 Å². The first-order valence-corrected chi connectivity index (χ1v) is 14.5. The van der Waals surface area contributed by atoms with Gasteiger partial charge in [0.25, 0.3) is 11.8 Å². The second-order valence-corrected chi connectivity index (χ2v) is 10.3. The van der Waals surface area contributed by atoms with Gasteiger partial charge < -0.3 is 14.2 Å². The molecule has 44 heavy (non-hydrogen) atoms. The highest BCUT2D eigenvalue weighted by molar-refractivity contribution is 6.19. The molecule has 3 aromatic rings. The van der Waals surface area contributed by atoms with Crippen LogP contribution in [0.15, 0.2) is 71.4 Å². The van der Waals surface area contributed by atoms with Crippen LogP contribution in [0.25, 0.3) is 23.0 Å². The second kappa shape index (κ2) is 14.9. The Labute approximate surface area is 257 Å². The molecule has 2 amide bonds. The van der Waals surface area contributed by atoms with E-state index in [2.05, 4.69) is 6.92 Å². The summed E-state index contributed by atoms with van der Waals surface area (Å²) in [6.45, 7) is 7.75. The number of unbranched alkanes of at least 4 members (excludes halogenated alkanes) is 1. The molecule has 0 radical (unpaired) electrons. The van der Waals surface area contributed by atoms with Crippen LogP contribution in [0.1, 0.15) is 44.7 Å². The van der Waals surface area contributed by atoms with Gasteiger partial charge >= 0.3 is 5.97 Å². The fraction of sp³-hybridized carbons (Fsp3) is 0.324. The van der Waals surface area contributed by atoms with Crippen molar-refractivity contribution >= 4 is 23.9 Å². The molecule has 0 unspecified atom stereocenters. The predicted molar refractivity (Wildman–Crippen MR) is 165 cm³/mol. The van der Waals surface area contributed by atoms with E-state index in [1.54, 1.807) is 17.7 Å². The number of benzene rings is 2. The summed E-state index contributed by atoms with van der Waals surface area (Å²) in [5, 5.41) is 14.7. The SMILES string of the molecule is CCCCOc1ccc(-c2nn(-c3ccccc3)cc2/C=C2/C(=O)N(CCOCCOC(C)=O)C(=O)C(C#N)=C2C)c(C)c1. The maximum Gasteiger partial charge on any atom is 0.302 e. The third-order valence-electron chi connectivity index (χ3n) is 7.10. The van der Waals surface area contributed by atoms with Crippen LogP contribution in [0.4, 0.5) is 0 Å². The fourth-order valence-corrected chi connectivity index (χ4v) is 4.73. The zero-order chi connectivity index (χ0) is 31.6. The molecule has 4 rings (SSSR count). The van der Waals surface area contributed by atoms with Gasteiger partial charge in [-0.3, -0.25) is 19.3 Å². The van der Waals surface area contributed by atoms with E-state index in [1.807, 2.05) is 67.7 Å². The number of ether oxygens (including phenoxy) is 3. The Kier molecular flexibility index (Phi) is 10.8. The molecular weight excluding hydrogens is 560 g/mol. The Balaban J connectivity index is 1.72. The van der Waals surface area contributed by atoms with E-state index in [-0.39, 0.29) is 37.5 Å². The van der Waals surface area contributed by atoms with E-state index >= 15 is 0 Å². The van der Waals surface area contributed by atoms with Crippen LogP contribution in [0.3, 0.4) is 0 Å². The first kappa shape index (κ1) is 31.9. The summed E-state index contributed by atoms with van der Waals surface area (Å²) in [5.41, 5.74) is 4.31. The second-order valence-electron chi connectivity index (χ2n) is 10.3. The maximum atomic E-state index is 13.7. The zero-order valence-electron chi connectivity index (χ0n) is 25.5. The molecule has 0 saturated heterocycles. The summed E-state index contributed by atoms with van der Waals surface area (Å²) in [6, 6.07) is 17.4. The summed E-state index contributed by atoms with van der Waals surface area (Å²) < 4.78 is 17.9. The van der Waals surface area contributed by atoms with E-state index in [0.717, 1.165) is 40.3 Å². The highest BCUT2D eigenvalue weighted by Crippen LogP contribution is 2.33. The fourth-order valence-electron chi connectivity index (χ4n) is 4.73. The minimum Gasteiger partial charge on any atom is -0.494 e. The molecule has 0 fully saturated rings. The van der Waals surface area contributed by atoms with Gasteiger partial charge in [-0.2, -0.15) is 10.4 Å². The number of nitriles is 1. The quantitative estimate of drug-likeness (QED) is 0.114. The number of carbonyl (C=O) groups is 3. The van der Waals surface area contributed by atoms with Crippen molar-refractivity contribution in [3.05, 3.63) is 82.6 Å². The number of para-hydroxylation sites is 1. The molecule has 1 aliphatic rings. The van der Waals surface area contributed by atoms with Gasteiger partial charge in [-0.05, 0) is 67.8 Å². The van der Waals surface area contributed by atoms with Crippen LogP contribution in [-0.4, -0.2) is 65.4 Å². The van der Waals surface area contributed by atoms with E-state index < -0.39 is 17.8 Å². The summed E-state index contributed by atoms with van der Waals surface area (Å²) in [4.78, 5) is 38.7. The Morgan fingerprint density at radius 3 is 2.48 bits per heavy atom. The molecule has 0 spiro atoms. The van der Waals surface area contributed by atoms with Crippen molar-refractivity contribution in [1.82, 2.24) is 14.7 Å². The molecule has 0 saturated carbocycles. The highest BCUT2D eigenvalue weighted by Gasteiger charge is 2.35. The van der Waals surface area contributed by atoms with E-state index in [4.69, 9.17) is 19.3 Å². The Morgan fingerprint density at radius 1 is 1.02 bits per heavy atom. The third kappa shape index (κ3) is 7.49. The number of nitrogens with zero attached hydrogens (tertiary/aromatic N) is 4. The van der Waals surface area contributed by atoms with Crippen molar-refractivity contribution in [3.8, 4) is 28.8 Å². The molecule has 1 aliphatic heterocycles. The van der Waals surface area contributed by atoms with Gasteiger partial charge in [0.15, 0.2) is 0 Å². The topological polar surface area (TPSA) is 124 Å². The number of aromatic nitrogens is 2. The van der Waals surface area contributed by atoms with Crippen molar-refractivity contribution in [1.29, 1.82) is 5.26 Å². The van der Waals surface area contributed by atoms with Gasteiger partial charge in [0, 0.05) is 29.8 Å². The molecule has 2 aromatic carbocycles. The molecule has 228 valence electrons. The van der Waals surface area contributed by atoms with Crippen molar-refractivity contribution in [3.63, 3.8) is 0 Å². The standard InChI is InChI=1S/C34H36N4O6/c1-5-6-15-44-28-12-13-29(23(2)19-28)32-26(22-38(36-32)27-10-8-7-9-11-27)20-30-24(3)31(21-35)34(41)37(33(30)40)14-16-42-17-18-43-25(4)39/h7-13,19-20,22H,5-6,14-18H2,1-4H3/b30-20+. The highest BCUT2D eigenvalue weighted by atomic mass is 16.6. The van der Waals surface area contributed by atoms with Gasteiger partial charge in [0.1, 0.15) is 29.7 Å². The van der Waals surface area contributed by atoms with Crippen LogP contribution in [0.2, 0.25) is 0 Å². The van der Waals surface area contributed by atoms with Gasteiger partial charge in [0.2, 0.25) is 0 Å². The summed E-state index contributed by atoms with van der Waals surface area (Å²) >= 11 is 0. The molecule has 0 bridgehead atoms. The third-order valence-corrected chi connectivity index (χ3v) is 7.10. The summed E-state index contributed by atoms with van der Waals surface area (Å²) in [5.74, 6) is -0.869. The van der Waals surface area contributed by atoms with Crippen molar-refractivity contribution in [2.45, 2.75) is 40.5 Å². The molecule has 10 nitrogen and oxygen atoms in total. The van der Waals surface area contributed by atoms with Crippen LogP contribution < -0.4 is 4.74 Å². The number of amides is 2. The van der Waals surface area contributed by atoms with Crippen LogP contribution in [0.5, 0.6) is 5.75 Å². The molecule has 1 aromatic heterocycles. The smallest absolute Gasteiger partial charge is 0.302 e. The van der Waals surface area contributed by atoms with Crippen molar-refractivity contribution < 1.29 is 28.6 Å². The molecule has 0 N–H and O–H groups in total. The molecule has 0 aliphatic carbocycles. The summed E-state index contributed by atoms with van der Waals surface area (Å²) in [6.07, 6.45) is 5.51. The molecular formula is C34H36N4O6. The number of esters is 1. The lowest BCUT2D eigenvalue weighted by molar-refractivity contribution is -0.142. The van der Waals surface area contributed by atoms with E-state index in [1.165, 1.54) is 6.92 Å². The number of hydrogen-bond acceptors (Lipinski definition) is 8. The van der Waals surface area contributed by atoms with Gasteiger partial charge in [0.05, 0.1) is 32.1 Å². The average Bonchev–Trinajstić information content (AvgIpc) is 3.43. The predicted octanol–water partition coefficient (Wildman–Crippen LogP) is 5.20. The first-order valence-electron chi connectivity index (χ1n) is 14.5. The number of aryl methyl sites for hydroxylation is 1. The van der Waals surface area contributed by atoms with Gasteiger partial charge in [-0.1, -0.05) is 31.5 Å². The van der Waals surface area contributed by atoms with Crippen LogP contribution in [0, 0.1) is 18.3 Å². The Bertz CT molecular complexity index is 1630. The molecule has 2 heterocycles. The monoisotopic (exact) mass is 596 g/mol.